The molecular formula is C27H30N4O2S. The van der Waals surface area contributed by atoms with Gasteiger partial charge in [0.15, 0.2) is 4.96 Å². The number of carbonyl (C=O) groups is 1. The van der Waals surface area contributed by atoms with Crippen LogP contribution in [0.5, 0.6) is 0 Å². The molecule has 6 nitrogen and oxygen atoms in total. The van der Waals surface area contributed by atoms with E-state index in [-0.39, 0.29) is 5.97 Å². The molecule has 2 aromatic carbocycles. The van der Waals surface area contributed by atoms with E-state index in [1.165, 1.54) is 22.5 Å². The van der Waals surface area contributed by atoms with Crippen molar-refractivity contribution in [2.24, 2.45) is 0 Å². The van der Waals surface area contributed by atoms with E-state index in [1.54, 1.807) is 0 Å². The van der Waals surface area contributed by atoms with Crippen LogP contribution in [0.1, 0.15) is 34.2 Å². The van der Waals surface area contributed by atoms with Crippen molar-refractivity contribution in [3.05, 3.63) is 82.5 Å². The molecule has 0 amide bonds. The minimum Gasteiger partial charge on any atom is -0.461 e. The number of benzene rings is 2. The lowest BCUT2D eigenvalue weighted by atomic mass is 10.1. The summed E-state index contributed by atoms with van der Waals surface area (Å²) in [5.41, 5.74) is 6.18. The molecule has 0 radical (unpaired) electrons. The van der Waals surface area contributed by atoms with Gasteiger partial charge in [0, 0.05) is 50.2 Å². The van der Waals surface area contributed by atoms with Crippen molar-refractivity contribution in [2.45, 2.75) is 26.9 Å². The molecule has 1 aliphatic heterocycles. The van der Waals surface area contributed by atoms with E-state index in [0.29, 0.717) is 12.3 Å². The topological polar surface area (TPSA) is 50.1 Å². The number of piperazine rings is 1. The smallest absolute Gasteiger partial charge is 0.356 e. The van der Waals surface area contributed by atoms with Gasteiger partial charge >= 0.3 is 5.97 Å². The van der Waals surface area contributed by atoms with Gasteiger partial charge in [0.05, 0.1) is 18.0 Å². The summed E-state index contributed by atoms with van der Waals surface area (Å²) >= 11 is 1.49. The Morgan fingerprint density at radius 3 is 2.32 bits per heavy atom. The lowest BCUT2D eigenvalue weighted by Crippen LogP contribution is -2.45. The normalized spacial score (nSPS) is 15.1. The molecular weight excluding hydrogens is 444 g/mol. The molecule has 0 N–H and O–H groups in total. The quantitative estimate of drug-likeness (QED) is 0.358. The summed E-state index contributed by atoms with van der Waals surface area (Å²) in [7, 11) is 0. The average Bonchev–Trinajstić information content (AvgIpc) is 3.41. The molecule has 34 heavy (non-hydrogen) atoms. The third-order valence-electron chi connectivity index (χ3n) is 6.33. The maximum atomic E-state index is 12.7. The van der Waals surface area contributed by atoms with Gasteiger partial charge in [-0.2, -0.15) is 0 Å². The highest BCUT2D eigenvalue weighted by atomic mass is 32.1. The van der Waals surface area contributed by atoms with Crippen molar-refractivity contribution in [3.8, 4) is 11.3 Å². The highest BCUT2D eigenvalue weighted by Crippen LogP contribution is 2.31. The van der Waals surface area contributed by atoms with Gasteiger partial charge in [-0.1, -0.05) is 60.2 Å². The molecule has 176 valence electrons. The van der Waals surface area contributed by atoms with Crippen LogP contribution in [-0.2, 0) is 17.8 Å². The number of rotatable bonds is 7. The molecule has 0 unspecified atom stereocenters. The summed E-state index contributed by atoms with van der Waals surface area (Å²) in [5, 5.41) is 1.85. The first-order chi connectivity index (χ1) is 16.6. The van der Waals surface area contributed by atoms with Crippen molar-refractivity contribution in [1.29, 1.82) is 0 Å². The first-order valence-corrected chi connectivity index (χ1v) is 12.7. The van der Waals surface area contributed by atoms with Gasteiger partial charge in [-0.25, -0.2) is 9.78 Å². The second kappa shape index (κ2) is 10.1. The highest BCUT2D eigenvalue weighted by molar-refractivity contribution is 7.15. The van der Waals surface area contributed by atoms with Crippen LogP contribution in [0.3, 0.4) is 0 Å². The third kappa shape index (κ3) is 4.78. The van der Waals surface area contributed by atoms with Gasteiger partial charge in [-0.05, 0) is 19.4 Å². The molecule has 1 saturated heterocycles. The Balaban J connectivity index is 1.39. The van der Waals surface area contributed by atoms with Crippen LogP contribution in [0.2, 0.25) is 0 Å². The molecule has 0 saturated carbocycles. The first kappa shape index (κ1) is 22.8. The Morgan fingerprint density at radius 2 is 1.65 bits per heavy atom. The largest absolute Gasteiger partial charge is 0.461 e. The second-order valence-electron chi connectivity index (χ2n) is 8.77. The molecule has 0 bridgehead atoms. The van der Waals surface area contributed by atoms with Gasteiger partial charge in [-0.3, -0.25) is 14.2 Å². The maximum Gasteiger partial charge on any atom is 0.356 e. The molecule has 7 heteroatoms. The van der Waals surface area contributed by atoms with Crippen LogP contribution >= 0.6 is 11.3 Å². The number of esters is 1. The average molecular weight is 475 g/mol. The van der Waals surface area contributed by atoms with Crippen molar-refractivity contribution >= 4 is 22.3 Å². The second-order valence-corrected chi connectivity index (χ2v) is 9.61. The van der Waals surface area contributed by atoms with Gasteiger partial charge in [-0.15, -0.1) is 11.3 Å². The Kier molecular flexibility index (Phi) is 6.76. The summed E-state index contributed by atoms with van der Waals surface area (Å²) in [6, 6.07) is 19.1. The van der Waals surface area contributed by atoms with Crippen molar-refractivity contribution in [3.63, 3.8) is 0 Å². The van der Waals surface area contributed by atoms with E-state index in [0.717, 1.165) is 61.2 Å². The van der Waals surface area contributed by atoms with E-state index in [2.05, 4.69) is 71.3 Å². The molecule has 1 fully saturated rings. The van der Waals surface area contributed by atoms with E-state index in [9.17, 15) is 4.79 Å². The minimum absolute atomic E-state index is 0.305. The molecule has 4 aromatic rings. The maximum absolute atomic E-state index is 12.7. The summed E-state index contributed by atoms with van der Waals surface area (Å²) in [6.45, 7) is 10.1. The van der Waals surface area contributed by atoms with Gasteiger partial charge in [0.2, 0.25) is 0 Å². The van der Waals surface area contributed by atoms with Gasteiger partial charge in [0.25, 0.3) is 0 Å². The number of hydrogen-bond donors (Lipinski definition) is 0. The fourth-order valence-corrected chi connectivity index (χ4v) is 5.40. The standard InChI is InChI=1S/C27H30N4O2S/c1-3-33-26(32)24-19-34-27-28-23(25(31(24)27)22-11-9-20(2)10-12-22)18-30-15-13-29(14-16-30)17-21-7-5-4-6-8-21/h4-12,19H,3,13-18H2,1-2H3. The summed E-state index contributed by atoms with van der Waals surface area (Å²) in [6.07, 6.45) is 0. The van der Waals surface area contributed by atoms with Gasteiger partial charge < -0.3 is 4.74 Å². The highest BCUT2D eigenvalue weighted by Gasteiger charge is 2.25. The molecule has 0 atom stereocenters. The zero-order valence-electron chi connectivity index (χ0n) is 19.7. The van der Waals surface area contributed by atoms with Crippen molar-refractivity contribution in [1.82, 2.24) is 19.2 Å². The van der Waals surface area contributed by atoms with Crippen molar-refractivity contribution < 1.29 is 9.53 Å². The number of fused-ring (bicyclic) bond motifs is 1. The van der Waals surface area contributed by atoms with Crippen molar-refractivity contribution in [2.75, 3.05) is 32.8 Å². The van der Waals surface area contributed by atoms with Crippen LogP contribution < -0.4 is 0 Å². The minimum atomic E-state index is -0.305. The van der Waals surface area contributed by atoms with Crippen LogP contribution in [0.25, 0.3) is 16.2 Å². The predicted octanol–water partition coefficient (Wildman–Crippen LogP) is 4.87. The number of ether oxygens (including phenoxy) is 1. The molecule has 2 aromatic heterocycles. The number of hydrogen-bond acceptors (Lipinski definition) is 6. The van der Waals surface area contributed by atoms with Crippen LogP contribution in [-0.4, -0.2) is 57.9 Å². The van der Waals surface area contributed by atoms with E-state index >= 15 is 0 Å². The molecule has 3 heterocycles. The Morgan fingerprint density at radius 1 is 0.971 bits per heavy atom. The molecule has 0 spiro atoms. The molecule has 5 rings (SSSR count). The Hall–Kier alpha value is -3.00. The first-order valence-electron chi connectivity index (χ1n) is 11.8. The third-order valence-corrected chi connectivity index (χ3v) is 7.16. The molecule has 0 aliphatic carbocycles. The van der Waals surface area contributed by atoms with E-state index in [4.69, 9.17) is 9.72 Å². The SMILES string of the molecule is CCOC(=O)c1csc2nc(CN3CCN(Cc4ccccc4)CC3)c(-c3ccc(C)cc3)n12. The number of aromatic nitrogens is 2. The molecule has 1 aliphatic rings. The van der Waals surface area contributed by atoms with E-state index in [1.807, 2.05) is 16.7 Å². The lowest BCUT2D eigenvalue weighted by Gasteiger charge is -2.34. The van der Waals surface area contributed by atoms with Crippen LogP contribution in [0, 0.1) is 6.92 Å². The Labute approximate surface area is 204 Å². The zero-order valence-corrected chi connectivity index (χ0v) is 20.6. The number of nitrogens with zero attached hydrogens (tertiary/aromatic N) is 4. The van der Waals surface area contributed by atoms with Crippen LogP contribution in [0.15, 0.2) is 60.0 Å². The number of aryl methyl sites for hydroxylation is 1. The predicted molar refractivity (Wildman–Crippen MR) is 136 cm³/mol. The zero-order chi connectivity index (χ0) is 23.5. The van der Waals surface area contributed by atoms with Gasteiger partial charge in [0.1, 0.15) is 5.69 Å². The fraction of sp³-hybridized carbons (Fsp3) is 0.333. The fourth-order valence-electron chi connectivity index (χ4n) is 4.53. The number of thiazole rings is 1. The number of carbonyl (C=O) groups excluding carboxylic acids is 1. The summed E-state index contributed by atoms with van der Waals surface area (Å²) < 4.78 is 7.31. The summed E-state index contributed by atoms with van der Waals surface area (Å²) in [5.74, 6) is -0.305. The lowest BCUT2D eigenvalue weighted by molar-refractivity contribution is 0.0518. The number of imidazole rings is 1. The summed E-state index contributed by atoms with van der Waals surface area (Å²) in [4.78, 5) is 23.4. The van der Waals surface area contributed by atoms with E-state index < -0.39 is 0 Å². The monoisotopic (exact) mass is 474 g/mol. The van der Waals surface area contributed by atoms with Crippen LogP contribution in [0.4, 0.5) is 0 Å². The Bertz CT molecular complexity index is 1260.